The summed E-state index contributed by atoms with van der Waals surface area (Å²) in [5.41, 5.74) is 2.37. The first-order valence-electron chi connectivity index (χ1n) is 4.04. The van der Waals surface area contributed by atoms with Crippen LogP contribution in [0.25, 0.3) is 22.2 Å². The Labute approximate surface area is 81.9 Å². The van der Waals surface area contributed by atoms with Crippen LogP contribution >= 0.6 is 0 Å². The zero-order chi connectivity index (χ0) is 10.3. The van der Waals surface area contributed by atoms with E-state index in [9.17, 15) is 0 Å². The first-order chi connectivity index (χ1) is 7.36. The van der Waals surface area contributed by atoms with Crippen molar-refractivity contribution in [2.45, 2.75) is 6.92 Å². The van der Waals surface area contributed by atoms with Crippen molar-refractivity contribution < 1.29 is 0 Å². The fourth-order valence-electron chi connectivity index (χ4n) is 1.22. The molecular weight excluding hydrogens is 198 g/mol. The van der Waals surface area contributed by atoms with Gasteiger partial charge in [0.25, 0.3) is 0 Å². The molecule has 3 rings (SSSR count). The molecular formula is C6H3N9. The maximum Gasteiger partial charge on any atom is 0.228 e. The molecule has 0 amide bonds. The Kier molecular flexibility index (Phi) is 1.46. The topological polar surface area (TPSA) is 116 Å². The molecule has 15 heavy (non-hydrogen) atoms. The zero-order valence-electron chi connectivity index (χ0n) is 7.52. The molecule has 0 atom stereocenters. The Bertz CT molecular complexity index is 650. The lowest BCUT2D eigenvalue weighted by Gasteiger charge is -1.97. The third-order valence-corrected chi connectivity index (χ3v) is 1.91. The second kappa shape index (κ2) is 2.77. The first-order valence-corrected chi connectivity index (χ1v) is 4.04. The molecule has 0 radical (unpaired) electrons. The number of rotatable bonds is 0. The van der Waals surface area contributed by atoms with E-state index >= 15 is 0 Å². The van der Waals surface area contributed by atoms with E-state index in [1.807, 2.05) is 0 Å². The molecule has 0 bridgehead atoms. The van der Waals surface area contributed by atoms with Gasteiger partial charge in [-0.25, -0.2) is 0 Å². The maximum atomic E-state index is 3.92. The van der Waals surface area contributed by atoms with Crippen molar-refractivity contribution in [2.24, 2.45) is 0 Å². The predicted molar refractivity (Wildman–Crippen MR) is 46.3 cm³/mol. The summed E-state index contributed by atoms with van der Waals surface area (Å²) in [6, 6.07) is 0. The van der Waals surface area contributed by atoms with Gasteiger partial charge in [0.15, 0.2) is 5.52 Å². The van der Waals surface area contributed by atoms with Crippen molar-refractivity contribution in [3.63, 3.8) is 0 Å². The lowest BCUT2D eigenvalue weighted by Crippen LogP contribution is -2.02. The van der Waals surface area contributed by atoms with E-state index < -0.39 is 0 Å². The summed E-state index contributed by atoms with van der Waals surface area (Å²) in [7, 11) is 0. The molecule has 0 aromatic carbocycles. The molecule has 9 nitrogen and oxygen atoms in total. The molecule has 0 unspecified atom stereocenters. The van der Waals surface area contributed by atoms with Crippen LogP contribution in [0, 0.1) is 6.92 Å². The van der Waals surface area contributed by atoms with Gasteiger partial charge in [0.05, 0.1) is 5.69 Å². The fourth-order valence-corrected chi connectivity index (χ4v) is 1.22. The number of hydrogen-bond acceptors (Lipinski definition) is 9. The van der Waals surface area contributed by atoms with Crippen molar-refractivity contribution in [1.82, 2.24) is 46.2 Å². The molecule has 0 saturated heterocycles. The molecule has 3 aromatic heterocycles. The maximum absolute atomic E-state index is 3.92. The third kappa shape index (κ3) is 1.06. The van der Waals surface area contributed by atoms with Crippen molar-refractivity contribution in [3.05, 3.63) is 5.69 Å². The fraction of sp³-hybridized carbons (Fsp3) is 0.167. The Morgan fingerprint density at radius 1 is 0.600 bits per heavy atom. The SMILES string of the molecule is Cc1nnnc2c1nnc1nnnnc12. The molecule has 3 aromatic rings. The number of fused-ring (bicyclic) bond motifs is 3. The summed E-state index contributed by atoms with van der Waals surface area (Å²) in [5, 5.41) is 33.2. The molecule has 3 heterocycles. The van der Waals surface area contributed by atoms with Gasteiger partial charge in [0, 0.05) is 0 Å². The van der Waals surface area contributed by atoms with Gasteiger partial charge in [-0.3, -0.25) is 0 Å². The van der Waals surface area contributed by atoms with Gasteiger partial charge in [-0.05, 0) is 22.6 Å². The molecule has 0 aliphatic heterocycles. The first kappa shape index (κ1) is 7.91. The molecule has 72 valence electrons. The molecule has 0 aliphatic carbocycles. The van der Waals surface area contributed by atoms with E-state index in [-0.39, 0.29) is 5.65 Å². The van der Waals surface area contributed by atoms with Crippen LogP contribution in [0.3, 0.4) is 0 Å². The van der Waals surface area contributed by atoms with Gasteiger partial charge < -0.3 is 0 Å². The van der Waals surface area contributed by atoms with Gasteiger partial charge in [0.1, 0.15) is 11.0 Å². The van der Waals surface area contributed by atoms with Crippen LogP contribution in [0.4, 0.5) is 0 Å². The average molecular weight is 201 g/mol. The third-order valence-electron chi connectivity index (χ3n) is 1.91. The van der Waals surface area contributed by atoms with Crippen LogP contribution in [0.2, 0.25) is 0 Å². The van der Waals surface area contributed by atoms with E-state index in [2.05, 4.69) is 46.2 Å². The minimum atomic E-state index is 0.289. The zero-order valence-corrected chi connectivity index (χ0v) is 7.52. The van der Waals surface area contributed by atoms with E-state index in [1.165, 1.54) is 0 Å². The van der Waals surface area contributed by atoms with Gasteiger partial charge in [0.2, 0.25) is 5.65 Å². The summed E-state index contributed by atoms with van der Waals surface area (Å²) < 4.78 is 0. The highest BCUT2D eigenvalue weighted by Crippen LogP contribution is 2.14. The lowest BCUT2D eigenvalue weighted by atomic mass is 10.3. The van der Waals surface area contributed by atoms with Crippen molar-refractivity contribution >= 4 is 22.2 Å². The molecule has 0 saturated carbocycles. The Balaban J connectivity index is 2.60. The second-order valence-corrected chi connectivity index (χ2v) is 2.82. The molecule has 0 aliphatic rings. The van der Waals surface area contributed by atoms with Crippen LogP contribution in [-0.4, -0.2) is 46.2 Å². The molecule has 9 heteroatoms. The van der Waals surface area contributed by atoms with Gasteiger partial charge in [-0.2, -0.15) is 0 Å². The quantitative estimate of drug-likeness (QED) is 0.415. The molecule has 0 spiro atoms. The minimum absolute atomic E-state index is 0.289. The Morgan fingerprint density at radius 3 is 2.33 bits per heavy atom. The summed E-state index contributed by atoms with van der Waals surface area (Å²) in [4.78, 5) is 0. The summed E-state index contributed by atoms with van der Waals surface area (Å²) >= 11 is 0. The van der Waals surface area contributed by atoms with Crippen LogP contribution < -0.4 is 0 Å². The smallest absolute Gasteiger partial charge is 0.144 e. The van der Waals surface area contributed by atoms with Gasteiger partial charge in [-0.1, -0.05) is 0 Å². The second-order valence-electron chi connectivity index (χ2n) is 2.82. The number of aryl methyl sites for hydroxylation is 1. The van der Waals surface area contributed by atoms with E-state index in [4.69, 9.17) is 0 Å². The minimum Gasteiger partial charge on any atom is -0.144 e. The molecule has 0 fully saturated rings. The monoisotopic (exact) mass is 201 g/mol. The van der Waals surface area contributed by atoms with Gasteiger partial charge >= 0.3 is 0 Å². The largest absolute Gasteiger partial charge is 0.228 e. The van der Waals surface area contributed by atoms with E-state index in [0.29, 0.717) is 22.2 Å². The van der Waals surface area contributed by atoms with Crippen molar-refractivity contribution in [2.75, 3.05) is 0 Å². The van der Waals surface area contributed by atoms with E-state index in [1.54, 1.807) is 6.92 Å². The van der Waals surface area contributed by atoms with Crippen LogP contribution in [-0.2, 0) is 0 Å². The highest BCUT2D eigenvalue weighted by Gasteiger charge is 2.10. The lowest BCUT2D eigenvalue weighted by molar-refractivity contribution is 0.781. The predicted octanol–water partition coefficient (Wildman–Crippen LogP) is -1.14. The summed E-state index contributed by atoms with van der Waals surface area (Å²) in [6.45, 7) is 1.76. The average Bonchev–Trinajstić information content (AvgIpc) is 2.29. The van der Waals surface area contributed by atoms with Crippen molar-refractivity contribution in [1.29, 1.82) is 0 Å². The molecule has 0 N–H and O–H groups in total. The van der Waals surface area contributed by atoms with Gasteiger partial charge in [-0.15, -0.1) is 30.6 Å². The van der Waals surface area contributed by atoms with Crippen LogP contribution in [0.5, 0.6) is 0 Å². The normalized spacial score (nSPS) is 11.0. The highest BCUT2D eigenvalue weighted by molar-refractivity contribution is 5.96. The standard InChI is InChI=1S/C6H3N9/c1-2-3-4(9-13-7-2)5-6(11-8-3)12-15-14-10-5/h1H3. The Hall–Kier alpha value is -2.45. The van der Waals surface area contributed by atoms with Crippen LogP contribution in [0.1, 0.15) is 5.69 Å². The summed E-state index contributed by atoms with van der Waals surface area (Å²) in [5.74, 6) is 0. The van der Waals surface area contributed by atoms with Crippen molar-refractivity contribution in [3.8, 4) is 0 Å². The summed E-state index contributed by atoms with van der Waals surface area (Å²) in [6.07, 6.45) is 0. The van der Waals surface area contributed by atoms with E-state index in [0.717, 1.165) is 0 Å². The number of nitrogens with zero attached hydrogens (tertiary/aromatic N) is 9. The Morgan fingerprint density at radius 2 is 1.40 bits per heavy atom. The number of hydrogen-bond donors (Lipinski definition) is 0. The number of aromatic nitrogens is 9. The highest BCUT2D eigenvalue weighted by atomic mass is 15.4. The van der Waals surface area contributed by atoms with Crippen LogP contribution in [0.15, 0.2) is 0 Å².